The summed E-state index contributed by atoms with van der Waals surface area (Å²) >= 11 is 0. The Hall–Kier alpha value is -1.26. The van der Waals surface area contributed by atoms with Gasteiger partial charge in [0.25, 0.3) is 0 Å². The van der Waals surface area contributed by atoms with E-state index in [-0.39, 0.29) is 0 Å². The summed E-state index contributed by atoms with van der Waals surface area (Å²) in [6, 6.07) is 6.53. The summed E-state index contributed by atoms with van der Waals surface area (Å²) in [6.07, 6.45) is 4.47. The van der Waals surface area contributed by atoms with Crippen molar-refractivity contribution in [3.05, 3.63) is 23.8 Å². The molecule has 0 spiro atoms. The van der Waals surface area contributed by atoms with Crippen LogP contribution >= 0.6 is 0 Å². The second-order valence-electron chi connectivity index (χ2n) is 6.56. The summed E-state index contributed by atoms with van der Waals surface area (Å²) in [5.41, 5.74) is 0.932. The number of aliphatic hydroxyl groups is 1. The molecule has 0 radical (unpaired) electrons. The van der Waals surface area contributed by atoms with E-state index >= 15 is 0 Å². The lowest BCUT2D eigenvalue weighted by atomic mass is 10.1. The van der Waals surface area contributed by atoms with Crippen LogP contribution in [-0.4, -0.2) is 42.4 Å². The minimum Gasteiger partial charge on any atom is -0.490 e. The third-order valence-electron chi connectivity index (χ3n) is 5.09. The van der Waals surface area contributed by atoms with Gasteiger partial charge in [0.2, 0.25) is 0 Å². The lowest BCUT2D eigenvalue weighted by molar-refractivity contribution is 0.0944. The zero-order chi connectivity index (χ0) is 14.2. The fourth-order valence-corrected chi connectivity index (χ4v) is 3.97. The number of likely N-dealkylation sites (tertiary alicyclic amines) is 1. The number of β-amino-alcohol motifs (C(OH)–C–C–N with tert-alkyl or cyclic N) is 1. The van der Waals surface area contributed by atoms with E-state index in [0.29, 0.717) is 19.3 Å². The van der Waals surface area contributed by atoms with Gasteiger partial charge >= 0.3 is 0 Å². The van der Waals surface area contributed by atoms with Gasteiger partial charge in [-0.25, -0.2) is 0 Å². The average molecular weight is 289 g/mol. The maximum Gasteiger partial charge on any atom is 0.161 e. The molecule has 2 aliphatic heterocycles. The van der Waals surface area contributed by atoms with Crippen LogP contribution in [0.5, 0.6) is 11.5 Å². The molecular formula is C17H23NO3. The van der Waals surface area contributed by atoms with Gasteiger partial charge in [0.15, 0.2) is 11.5 Å². The number of hydrogen-bond acceptors (Lipinski definition) is 4. The SMILES string of the molecule is OC(CN1CC2CCC1C2)c1ccc2c(c1)OCCCO2. The zero-order valence-electron chi connectivity index (χ0n) is 12.3. The lowest BCUT2D eigenvalue weighted by Gasteiger charge is -2.29. The van der Waals surface area contributed by atoms with Gasteiger partial charge < -0.3 is 14.6 Å². The molecule has 0 aromatic heterocycles. The van der Waals surface area contributed by atoms with Crippen molar-refractivity contribution in [2.45, 2.75) is 37.8 Å². The molecule has 114 valence electrons. The van der Waals surface area contributed by atoms with Crippen LogP contribution in [0.15, 0.2) is 18.2 Å². The predicted octanol–water partition coefficient (Wildman–Crippen LogP) is 2.37. The van der Waals surface area contributed by atoms with E-state index < -0.39 is 6.10 Å². The summed E-state index contributed by atoms with van der Waals surface area (Å²) in [5, 5.41) is 10.5. The predicted molar refractivity (Wildman–Crippen MR) is 79.7 cm³/mol. The fourth-order valence-electron chi connectivity index (χ4n) is 3.97. The first-order chi connectivity index (χ1) is 10.3. The van der Waals surface area contributed by atoms with Crippen molar-refractivity contribution in [1.82, 2.24) is 4.90 Å². The number of hydrogen-bond donors (Lipinski definition) is 1. The maximum absolute atomic E-state index is 10.5. The highest BCUT2D eigenvalue weighted by Gasteiger charge is 2.38. The van der Waals surface area contributed by atoms with E-state index in [1.165, 1.54) is 19.3 Å². The summed E-state index contributed by atoms with van der Waals surface area (Å²) in [5.74, 6) is 2.43. The van der Waals surface area contributed by atoms with Crippen molar-refractivity contribution in [3.8, 4) is 11.5 Å². The van der Waals surface area contributed by atoms with Gasteiger partial charge in [-0.2, -0.15) is 0 Å². The number of piperidine rings is 1. The van der Waals surface area contributed by atoms with Crippen molar-refractivity contribution in [1.29, 1.82) is 0 Å². The Bertz CT molecular complexity index is 519. The van der Waals surface area contributed by atoms with Gasteiger partial charge in [0, 0.05) is 25.6 Å². The molecular weight excluding hydrogens is 266 g/mol. The fraction of sp³-hybridized carbons (Fsp3) is 0.647. The molecule has 1 saturated heterocycles. The van der Waals surface area contributed by atoms with Crippen molar-refractivity contribution >= 4 is 0 Å². The monoisotopic (exact) mass is 289 g/mol. The molecule has 1 aromatic rings. The molecule has 2 heterocycles. The van der Waals surface area contributed by atoms with Crippen LogP contribution in [0.2, 0.25) is 0 Å². The highest BCUT2D eigenvalue weighted by atomic mass is 16.5. The van der Waals surface area contributed by atoms with E-state index in [0.717, 1.165) is 42.5 Å². The molecule has 21 heavy (non-hydrogen) atoms. The quantitative estimate of drug-likeness (QED) is 0.927. The van der Waals surface area contributed by atoms with Gasteiger partial charge in [0.05, 0.1) is 19.3 Å². The van der Waals surface area contributed by atoms with Gasteiger partial charge in [-0.05, 0) is 42.9 Å². The Kier molecular flexibility index (Phi) is 3.51. The van der Waals surface area contributed by atoms with Crippen LogP contribution in [0, 0.1) is 5.92 Å². The molecule has 1 saturated carbocycles. The standard InChI is InChI=1S/C17H23NO3/c19-15(11-18-10-12-2-4-14(18)8-12)13-3-5-16-17(9-13)21-7-1-6-20-16/h3,5,9,12,14-15,19H,1-2,4,6-8,10-11H2. The number of ether oxygens (including phenoxy) is 2. The normalized spacial score (nSPS) is 29.4. The largest absolute Gasteiger partial charge is 0.490 e. The second-order valence-corrected chi connectivity index (χ2v) is 6.56. The number of nitrogens with zero attached hydrogens (tertiary/aromatic N) is 1. The first-order valence-corrected chi connectivity index (χ1v) is 8.11. The molecule has 2 fully saturated rings. The maximum atomic E-state index is 10.5. The smallest absolute Gasteiger partial charge is 0.161 e. The first kappa shape index (κ1) is 13.4. The molecule has 0 amide bonds. The van der Waals surface area contributed by atoms with Gasteiger partial charge in [0.1, 0.15) is 0 Å². The van der Waals surface area contributed by atoms with Crippen molar-refractivity contribution < 1.29 is 14.6 Å². The molecule has 1 N–H and O–H groups in total. The molecule has 4 rings (SSSR count). The van der Waals surface area contributed by atoms with Gasteiger partial charge in [-0.3, -0.25) is 4.90 Å². The number of fused-ring (bicyclic) bond motifs is 3. The third-order valence-corrected chi connectivity index (χ3v) is 5.09. The Morgan fingerprint density at radius 3 is 2.81 bits per heavy atom. The molecule has 3 atom stereocenters. The van der Waals surface area contributed by atoms with E-state index in [1.54, 1.807) is 0 Å². The molecule has 4 heteroatoms. The Morgan fingerprint density at radius 2 is 2.05 bits per heavy atom. The Morgan fingerprint density at radius 1 is 1.19 bits per heavy atom. The van der Waals surface area contributed by atoms with Crippen LogP contribution in [0.1, 0.15) is 37.4 Å². The second kappa shape index (κ2) is 5.50. The highest BCUT2D eigenvalue weighted by Crippen LogP contribution is 2.39. The van der Waals surface area contributed by atoms with E-state index in [4.69, 9.17) is 9.47 Å². The zero-order valence-corrected chi connectivity index (χ0v) is 12.3. The highest BCUT2D eigenvalue weighted by molar-refractivity contribution is 5.44. The Labute approximate surface area is 125 Å². The molecule has 3 aliphatic rings. The first-order valence-electron chi connectivity index (χ1n) is 8.11. The summed E-state index contributed by atoms with van der Waals surface area (Å²) in [6.45, 7) is 3.28. The van der Waals surface area contributed by atoms with E-state index in [1.807, 2.05) is 18.2 Å². The van der Waals surface area contributed by atoms with Crippen molar-refractivity contribution in [2.24, 2.45) is 5.92 Å². The van der Waals surface area contributed by atoms with Gasteiger partial charge in [-0.15, -0.1) is 0 Å². The molecule has 1 aromatic carbocycles. The summed E-state index contributed by atoms with van der Waals surface area (Å²) in [7, 11) is 0. The van der Waals surface area contributed by atoms with E-state index in [9.17, 15) is 5.11 Å². The Balaban J connectivity index is 1.46. The minimum absolute atomic E-state index is 0.443. The van der Waals surface area contributed by atoms with E-state index in [2.05, 4.69) is 4.90 Å². The lowest BCUT2D eigenvalue weighted by Crippen LogP contribution is -2.35. The molecule has 3 unspecified atom stereocenters. The van der Waals surface area contributed by atoms with Crippen molar-refractivity contribution in [3.63, 3.8) is 0 Å². The molecule has 4 nitrogen and oxygen atoms in total. The summed E-state index contributed by atoms with van der Waals surface area (Å²) < 4.78 is 11.3. The number of benzene rings is 1. The summed E-state index contributed by atoms with van der Waals surface area (Å²) in [4.78, 5) is 2.46. The van der Waals surface area contributed by atoms with Gasteiger partial charge in [-0.1, -0.05) is 6.07 Å². The van der Waals surface area contributed by atoms with Crippen molar-refractivity contribution in [2.75, 3.05) is 26.3 Å². The molecule has 1 aliphatic carbocycles. The van der Waals surface area contributed by atoms with Crippen LogP contribution in [-0.2, 0) is 0 Å². The van der Waals surface area contributed by atoms with Crippen LogP contribution in [0.25, 0.3) is 0 Å². The van der Waals surface area contributed by atoms with Crippen LogP contribution in [0.4, 0.5) is 0 Å². The third kappa shape index (κ3) is 2.62. The topological polar surface area (TPSA) is 41.9 Å². The molecule has 2 bridgehead atoms. The minimum atomic E-state index is -0.443. The van der Waals surface area contributed by atoms with Crippen LogP contribution in [0.3, 0.4) is 0 Å². The number of aliphatic hydroxyl groups excluding tert-OH is 1. The number of rotatable bonds is 3. The average Bonchev–Trinajstić information content (AvgIpc) is 3.02. The van der Waals surface area contributed by atoms with Crippen LogP contribution < -0.4 is 9.47 Å².